The lowest BCUT2D eigenvalue weighted by Gasteiger charge is -2.28. The summed E-state index contributed by atoms with van der Waals surface area (Å²) >= 11 is 0. The van der Waals surface area contributed by atoms with Crippen LogP contribution in [-0.2, 0) is 26.6 Å². The van der Waals surface area contributed by atoms with E-state index in [-0.39, 0.29) is 23.7 Å². The zero-order valence-electron chi connectivity index (χ0n) is 18.7. The second kappa shape index (κ2) is 10.3. The van der Waals surface area contributed by atoms with E-state index >= 15 is 0 Å². The van der Waals surface area contributed by atoms with Gasteiger partial charge in [-0.1, -0.05) is 29.8 Å². The Morgan fingerprint density at radius 1 is 1.03 bits per heavy atom. The Morgan fingerprint density at radius 3 is 2.41 bits per heavy atom. The molecule has 1 heterocycles. The highest BCUT2D eigenvalue weighted by atomic mass is 32.2. The van der Waals surface area contributed by atoms with Gasteiger partial charge in [0.15, 0.2) is 0 Å². The first-order valence-corrected chi connectivity index (χ1v) is 13.6. The van der Waals surface area contributed by atoms with Gasteiger partial charge >= 0.3 is 0 Å². The molecule has 32 heavy (non-hydrogen) atoms. The predicted octanol–water partition coefficient (Wildman–Crippen LogP) is 1.74. The summed E-state index contributed by atoms with van der Waals surface area (Å²) in [4.78, 5) is 0.186. The normalized spacial score (nSPS) is 15.8. The fourth-order valence-electron chi connectivity index (χ4n) is 3.76. The monoisotopic (exact) mass is 481 g/mol. The van der Waals surface area contributed by atoms with Crippen LogP contribution in [0.1, 0.15) is 16.7 Å². The second-order valence-corrected chi connectivity index (χ2v) is 11.9. The van der Waals surface area contributed by atoms with Crippen molar-refractivity contribution in [1.82, 2.24) is 13.9 Å². The minimum Gasteiger partial charge on any atom is -0.497 e. The molecule has 2 aromatic carbocycles. The van der Waals surface area contributed by atoms with Gasteiger partial charge < -0.3 is 10.1 Å². The van der Waals surface area contributed by atoms with Crippen molar-refractivity contribution < 1.29 is 21.6 Å². The number of nitrogens with one attached hydrogen (secondary N) is 1. The van der Waals surface area contributed by atoms with Crippen molar-refractivity contribution in [3.8, 4) is 5.75 Å². The molecule has 0 radical (unpaired) electrons. The highest BCUT2D eigenvalue weighted by Crippen LogP contribution is 2.24. The Labute approximate surface area is 191 Å². The number of aryl methyl sites for hydroxylation is 2. The largest absolute Gasteiger partial charge is 0.497 e. The average molecular weight is 482 g/mol. The van der Waals surface area contributed by atoms with Gasteiger partial charge in [0.2, 0.25) is 20.0 Å². The molecule has 8 nitrogen and oxygen atoms in total. The molecule has 0 aromatic heterocycles. The van der Waals surface area contributed by atoms with Crippen LogP contribution in [0.3, 0.4) is 0 Å². The zero-order chi connectivity index (χ0) is 23.4. The van der Waals surface area contributed by atoms with Crippen LogP contribution in [0.5, 0.6) is 5.75 Å². The van der Waals surface area contributed by atoms with Gasteiger partial charge in [-0.15, -0.1) is 0 Å². The van der Waals surface area contributed by atoms with Crippen LogP contribution in [0.4, 0.5) is 0 Å². The van der Waals surface area contributed by atoms with E-state index in [0.717, 1.165) is 11.1 Å². The summed E-state index contributed by atoms with van der Waals surface area (Å²) in [6.07, 6.45) is 0. The van der Waals surface area contributed by atoms with Crippen LogP contribution in [0, 0.1) is 13.8 Å². The molecule has 1 N–H and O–H groups in total. The highest BCUT2D eigenvalue weighted by molar-refractivity contribution is 7.90. The van der Waals surface area contributed by atoms with Gasteiger partial charge in [0.25, 0.3) is 0 Å². The standard InChI is InChI=1S/C22H31N3O5S2/c1-18-7-8-22(19(2)15-18)32(28,29)25(17-20-5-4-6-21(16-20)30-3)13-14-31(26,27)24-11-9-23-10-12-24/h4-8,15-16,23H,9-14,17H2,1-3H3. The van der Waals surface area contributed by atoms with Crippen LogP contribution < -0.4 is 10.1 Å². The topological polar surface area (TPSA) is 96.0 Å². The summed E-state index contributed by atoms with van der Waals surface area (Å²) in [5.74, 6) is 0.334. The molecule has 0 atom stereocenters. The van der Waals surface area contributed by atoms with Crippen LogP contribution >= 0.6 is 0 Å². The fourth-order valence-corrected chi connectivity index (χ4v) is 6.95. The summed E-state index contributed by atoms with van der Waals surface area (Å²) in [7, 11) is -5.96. The number of benzene rings is 2. The lowest BCUT2D eigenvalue weighted by atomic mass is 10.2. The lowest BCUT2D eigenvalue weighted by molar-refractivity contribution is 0.355. The predicted molar refractivity (Wildman–Crippen MR) is 125 cm³/mol. The number of sulfonamides is 2. The molecule has 1 aliphatic rings. The number of hydrogen-bond donors (Lipinski definition) is 1. The minimum atomic E-state index is -3.92. The van der Waals surface area contributed by atoms with Crippen molar-refractivity contribution >= 4 is 20.0 Å². The van der Waals surface area contributed by atoms with Crippen LogP contribution in [0.25, 0.3) is 0 Å². The van der Waals surface area contributed by atoms with Crippen molar-refractivity contribution in [3.63, 3.8) is 0 Å². The molecule has 0 spiro atoms. The molecule has 3 rings (SSSR count). The Balaban J connectivity index is 1.91. The first-order valence-electron chi connectivity index (χ1n) is 10.5. The SMILES string of the molecule is COc1cccc(CN(CCS(=O)(=O)N2CCNCC2)S(=O)(=O)c2ccc(C)cc2C)c1. The summed E-state index contributed by atoms with van der Waals surface area (Å²) in [5, 5.41) is 3.13. The first kappa shape index (κ1) is 24.7. The molecule has 2 aromatic rings. The maximum Gasteiger partial charge on any atom is 0.243 e. The van der Waals surface area contributed by atoms with E-state index in [4.69, 9.17) is 4.74 Å². The summed E-state index contributed by atoms with van der Waals surface area (Å²) in [6.45, 7) is 5.52. The third-order valence-corrected chi connectivity index (χ3v) is 9.37. The molecule has 0 amide bonds. The molecule has 1 fully saturated rings. The molecule has 0 bridgehead atoms. The summed E-state index contributed by atoms with van der Waals surface area (Å²) < 4.78 is 60.9. The molecule has 176 valence electrons. The smallest absolute Gasteiger partial charge is 0.243 e. The summed E-state index contributed by atoms with van der Waals surface area (Å²) in [6, 6.07) is 12.3. The molecular formula is C22H31N3O5S2. The molecule has 1 saturated heterocycles. The molecule has 10 heteroatoms. The Morgan fingerprint density at radius 2 is 1.75 bits per heavy atom. The number of rotatable bonds is 9. The minimum absolute atomic E-state index is 0.0456. The van der Waals surface area contributed by atoms with Crippen molar-refractivity contribution in [1.29, 1.82) is 0 Å². The van der Waals surface area contributed by atoms with Crippen molar-refractivity contribution in [2.24, 2.45) is 0 Å². The molecule has 0 saturated carbocycles. The van der Waals surface area contributed by atoms with Gasteiger partial charge in [0.05, 0.1) is 17.8 Å². The van der Waals surface area contributed by atoms with E-state index in [1.54, 1.807) is 50.4 Å². The maximum absolute atomic E-state index is 13.6. The van der Waals surface area contributed by atoms with Crippen LogP contribution in [0.2, 0.25) is 0 Å². The lowest BCUT2D eigenvalue weighted by Crippen LogP contribution is -2.48. The van der Waals surface area contributed by atoms with Gasteiger partial charge in [-0.05, 0) is 43.2 Å². The molecule has 0 aliphatic carbocycles. The Hall–Kier alpha value is -1.98. The number of methoxy groups -OCH3 is 1. The molecule has 0 unspecified atom stereocenters. The number of nitrogens with zero attached hydrogens (tertiary/aromatic N) is 2. The number of hydrogen-bond acceptors (Lipinski definition) is 6. The van der Waals surface area contributed by atoms with Crippen molar-refractivity contribution in [2.75, 3.05) is 45.6 Å². The van der Waals surface area contributed by atoms with E-state index in [0.29, 0.717) is 37.5 Å². The van der Waals surface area contributed by atoms with E-state index in [9.17, 15) is 16.8 Å². The Bertz CT molecular complexity index is 1140. The fraction of sp³-hybridized carbons (Fsp3) is 0.455. The van der Waals surface area contributed by atoms with Gasteiger partial charge in [-0.25, -0.2) is 16.8 Å². The van der Waals surface area contributed by atoms with Crippen molar-refractivity contribution in [2.45, 2.75) is 25.3 Å². The van der Waals surface area contributed by atoms with Gasteiger partial charge in [0.1, 0.15) is 5.75 Å². The number of piperazine rings is 1. The summed E-state index contributed by atoms with van der Waals surface area (Å²) in [5.41, 5.74) is 2.31. The van der Waals surface area contributed by atoms with E-state index < -0.39 is 20.0 Å². The zero-order valence-corrected chi connectivity index (χ0v) is 20.4. The van der Waals surface area contributed by atoms with Gasteiger partial charge in [-0.3, -0.25) is 0 Å². The average Bonchev–Trinajstić information content (AvgIpc) is 2.77. The van der Waals surface area contributed by atoms with Gasteiger partial charge in [0, 0.05) is 39.3 Å². The quantitative estimate of drug-likeness (QED) is 0.586. The van der Waals surface area contributed by atoms with Crippen LogP contribution in [0.15, 0.2) is 47.4 Å². The third kappa shape index (κ3) is 5.87. The molecular weight excluding hydrogens is 450 g/mol. The molecule has 1 aliphatic heterocycles. The van der Waals surface area contributed by atoms with Crippen LogP contribution in [-0.4, -0.2) is 71.0 Å². The maximum atomic E-state index is 13.6. The third-order valence-electron chi connectivity index (χ3n) is 5.51. The van der Waals surface area contributed by atoms with Gasteiger partial charge in [-0.2, -0.15) is 8.61 Å². The number of ether oxygens (including phenoxy) is 1. The van der Waals surface area contributed by atoms with Crippen molar-refractivity contribution in [3.05, 3.63) is 59.2 Å². The highest BCUT2D eigenvalue weighted by Gasteiger charge is 2.30. The Kier molecular flexibility index (Phi) is 7.94. The first-order chi connectivity index (χ1) is 15.1. The van der Waals surface area contributed by atoms with E-state index in [1.807, 2.05) is 13.0 Å². The van der Waals surface area contributed by atoms with E-state index in [1.165, 1.54) is 8.61 Å². The van der Waals surface area contributed by atoms with E-state index in [2.05, 4.69) is 5.32 Å². The second-order valence-electron chi connectivity index (χ2n) is 7.92.